The minimum absolute atomic E-state index is 0.247. The van der Waals surface area contributed by atoms with Crippen molar-refractivity contribution in [2.45, 2.75) is 0 Å². The molecule has 7 heteroatoms. The van der Waals surface area contributed by atoms with Gasteiger partial charge in [-0.25, -0.2) is 4.98 Å². The Morgan fingerprint density at radius 1 is 0.833 bits per heavy atom. The quantitative estimate of drug-likeness (QED) is 0.448. The molecule has 0 aliphatic rings. The van der Waals surface area contributed by atoms with Gasteiger partial charge < -0.3 is 0 Å². The minimum Gasteiger partial charge on any atom is -0.296 e. The summed E-state index contributed by atoms with van der Waals surface area (Å²) in [6, 6.07) is 23.0. The maximum absolute atomic E-state index is 13.1. The number of carbonyl (C=O) groups is 1. The molecule has 144 valence electrons. The first-order valence-electron chi connectivity index (χ1n) is 9.28. The van der Waals surface area contributed by atoms with Gasteiger partial charge in [0, 0.05) is 28.9 Å². The number of benzene rings is 2. The third kappa shape index (κ3) is 3.54. The van der Waals surface area contributed by atoms with Crippen LogP contribution in [0.25, 0.3) is 32.7 Å². The molecule has 0 unspecified atom stereocenters. The third-order valence-corrected chi connectivity index (χ3v) is 5.49. The number of anilines is 1. The Hall–Kier alpha value is -3.97. The number of hydrogen-bond donors (Lipinski definition) is 1. The summed E-state index contributed by atoms with van der Waals surface area (Å²) >= 11 is 1.32. The van der Waals surface area contributed by atoms with E-state index in [-0.39, 0.29) is 5.91 Å². The Kier molecular flexibility index (Phi) is 4.71. The van der Waals surface area contributed by atoms with Crippen LogP contribution in [0.3, 0.4) is 0 Å². The van der Waals surface area contributed by atoms with E-state index in [4.69, 9.17) is 4.98 Å². The van der Waals surface area contributed by atoms with Gasteiger partial charge in [0.05, 0.1) is 16.8 Å². The first kappa shape index (κ1) is 18.1. The summed E-state index contributed by atoms with van der Waals surface area (Å²) in [5.41, 5.74) is 3.91. The zero-order valence-electron chi connectivity index (χ0n) is 15.7. The van der Waals surface area contributed by atoms with Crippen molar-refractivity contribution in [1.29, 1.82) is 0 Å². The summed E-state index contributed by atoms with van der Waals surface area (Å²) in [4.78, 5) is 21.9. The zero-order valence-corrected chi connectivity index (χ0v) is 16.5. The number of aromatic nitrogens is 4. The van der Waals surface area contributed by atoms with Crippen LogP contribution in [-0.2, 0) is 0 Å². The molecule has 0 fully saturated rings. The van der Waals surface area contributed by atoms with E-state index in [2.05, 4.69) is 20.5 Å². The van der Waals surface area contributed by atoms with Crippen molar-refractivity contribution in [1.82, 2.24) is 20.2 Å². The van der Waals surface area contributed by atoms with Gasteiger partial charge in [-0.05, 0) is 24.3 Å². The molecular formula is C23H15N5OS. The molecule has 3 heterocycles. The molecule has 1 amide bonds. The van der Waals surface area contributed by atoms with Crippen molar-refractivity contribution in [3.05, 3.63) is 90.8 Å². The van der Waals surface area contributed by atoms with Gasteiger partial charge in [-0.3, -0.25) is 15.1 Å². The largest absolute Gasteiger partial charge is 0.296 e. The topological polar surface area (TPSA) is 80.7 Å². The van der Waals surface area contributed by atoms with Crippen molar-refractivity contribution in [2.75, 3.05) is 5.32 Å². The molecule has 0 radical (unpaired) electrons. The van der Waals surface area contributed by atoms with Gasteiger partial charge in [0.2, 0.25) is 5.13 Å². The average molecular weight is 409 g/mol. The fourth-order valence-corrected chi connectivity index (χ4v) is 3.91. The summed E-state index contributed by atoms with van der Waals surface area (Å²) in [6.45, 7) is 0. The van der Waals surface area contributed by atoms with Crippen LogP contribution in [0, 0.1) is 0 Å². The monoisotopic (exact) mass is 409 g/mol. The fraction of sp³-hybridized carbons (Fsp3) is 0. The number of hydrogen-bond acceptors (Lipinski definition) is 6. The Labute approximate surface area is 176 Å². The number of pyridine rings is 2. The van der Waals surface area contributed by atoms with Crippen molar-refractivity contribution in [3.8, 4) is 21.8 Å². The fourth-order valence-electron chi connectivity index (χ4n) is 3.17. The number of nitrogens with one attached hydrogen (secondary N) is 1. The van der Waals surface area contributed by atoms with Crippen LogP contribution in [0.5, 0.6) is 0 Å². The standard InChI is InChI=1S/C23H15N5OS/c29-21(26-23-28-27-22(30-23)16-10-12-24-13-11-16)18-14-20(15-6-2-1-3-7-15)25-19-9-5-4-8-17(18)19/h1-14H,(H,26,28,29). The van der Waals surface area contributed by atoms with Crippen LogP contribution < -0.4 is 5.32 Å². The van der Waals surface area contributed by atoms with Crippen molar-refractivity contribution >= 4 is 33.3 Å². The van der Waals surface area contributed by atoms with Crippen molar-refractivity contribution < 1.29 is 4.79 Å². The Bertz CT molecular complexity index is 1340. The Balaban J connectivity index is 1.51. The van der Waals surface area contributed by atoms with Gasteiger partial charge in [0.15, 0.2) is 0 Å². The molecule has 3 aromatic heterocycles. The number of carbonyl (C=O) groups excluding carboxylic acids is 1. The highest BCUT2D eigenvalue weighted by molar-refractivity contribution is 7.18. The molecule has 0 spiro atoms. The molecular weight excluding hydrogens is 394 g/mol. The van der Waals surface area contributed by atoms with Crippen LogP contribution in [0.1, 0.15) is 10.4 Å². The second-order valence-electron chi connectivity index (χ2n) is 6.54. The second kappa shape index (κ2) is 7.81. The lowest BCUT2D eigenvalue weighted by Crippen LogP contribution is -2.13. The molecule has 0 atom stereocenters. The Morgan fingerprint density at radius 3 is 2.43 bits per heavy atom. The first-order valence-corrected chi connectivity index (χ1v) is 10.1. The number of para-hydroxylation sites is 1. The van der Waals surface area contributed by atoms with Gasteiger partial charge >= 0.3 is 0 Å². The first-order chi connectivity index (χ1) is 14.8. The molecule has 30 heavy (non-hydrogen) atoms. The molecule has 1 N–H and O–H groups in total. The predicted octanol–water partition coefficient (Wildman–Crippen LogP) is 5.07. The van der Waals surface area contributed by atoms with Gasteiger partial charge in [-0.2, -0.15) is 0 Å². The van der Waals surface area contributed by atoms with Gasteiger partial charge in [-0.1, -0.05) is 59.9 Å². The summed E-state index contributed by atoms with van der Waals surface area (Å²) in [6.07, 6.45) is 3.40. The van der Waals surface area contributed by atoms with E-state index < -0.39 is 0 Å². The van der Waals surface area contributed by atoms with E-state index >= 15 is 0 Å². The molecule has 0 bridgehead atoms. The average Bonchev–Trinajstić information content (AvgIpc) is 3.28. The van der Waals surface area contributed by atoms with Gasteiger partial charge in [0.1, 0.15) is 5.01 Å². The SMILES string of the molecule is O=C(Nc1nnc(-c2ccncc2)s1)c1cc(-c2ccccc2)nc2ccccc12. The zero-order chi connectivity index (χ0) is 20.3. The Morgan fingerprint density at radius 2 is 1.60 bits per heavy atom. The van der Waals surface area contributed by atoms with Gasteiger partial charge in [0.25, 0.3) is 5.91 Å². The maximum atomic E-state index is 13.1. The predicted molar refractivity (Wildman–Crippen MR) is 118 cm³/mol. The molecule has 5 rings (SSSR count). The molecule has 0 aliphatic carbocycles. The summed E-state index contributed by atoms with van der Waals surface area (Å²) in [5, 5.41) is 13.1. The van der Waals surface area contributed by atoms with Crippen molar-refractivity contribution in [3.63, 3.8) is 0 Å². The normalized spacial score (nSPS) is 10.8. The lowest BCUT2D eigenvalue weighted by molar-refractivity contribution is 0.102. The minimum atomic E-state index is -0.247. The highest BCUT2D eigenvalue weighted by Gasteiger charge is 2.16. The molecule has 0 saturated heterocycles. The lowest BCUT2D eigenvalue weighted by atomic mass is 10.0. The van der Waals surface area contributed by atoms with Crippen LogP contribution in [0.15, 0.2) is 85.2 Å². The maximum Gasteiger partial charge on any atom is 0.258 e. The van der Waals surface area contributed by atoms with E-state index in [0.717, 1.165) is 32.7 Å². The molecule has 2 aromatic carbocycles. The molecule has 0 saturated carbocycles. The highest BCUT2D eigenvalue weighted by Crippen LogP contribution is 2.28. The van der Waals surface area contributed by atoms with Crippen LogP contribution in [0.2, 0.25) is 0 Å². The molecule has 0 aliphatic heterocycles. The van der Waals surface area contributed by atoms with Crippen LogP contribution >= 0.6 is 11.3 Å². The summed E-state index contributed by atoms with van der Waals surface area (Å²) in [7, 11) is 0. The van der Waals surface area contributed by atoms with E-state index in [1.807, 2.05) is 72.8 Å². The molecule has 6 nitrogen and oxygen atoms in total. The van der Waals surface area contributed by atoms with E-state index in [9.17, 15) is 4.79 Å². The third-order valence-electron chi connectivity index (χ3n) is 4.60. The van der Waals surface area contributed by atoms with Crippen molar-refractivity contribution in [2.24, 2.45) is 0 Å². The van der Waals surface area contributed by atoms with Crippen LogP contribution in [-0.4, -0.2) is 26.1 Å². The summed E-state index contributed by atoms with van der Waals surface area (Å²) in [5.74, 6) is -0.247. The highest BCUT2D eigenvalue weighted by atomic mass is 32.1. The number of fused-ring (bicyclic) bond motifs is 1. The smallest absolute Gasteiger partial charge is 0.258 e. The number of amides is 1. The lowest BCUT2D eigenvalue weighted by Gasteiger charge is -2.09. The number of nitrogens with zero attached hydrogens (tertiary/aromatic N) is 4. The molecule has 5 aromatic rings. The van der Waals surface area contributed by atoms with Crippen LogP contribution in [0.4, 0.5) is 5.13 Å². The van der Waals surface area contributed by atoms with E-state index in [1.165, 1.54) is 11.3 Å². The van der Waals surface area contributed by atoms with E-state index in [1.54, 1.807) is 12.4 Å². The number of rotatable bonds is 4. The second-order valence-corrected chi connectivity index (χ2v) is 7.52. The van der Waals surface area contributed by atoms with Gasteiger partial charge in [-0.15, -0.1) is 10.2 Å². The van der Waals surface area contributed by atoms with E-state index in [0.29, 0.717) is 10.7 Å². The summed E-state index contributed by atoms with van der Waals surface area (Å²) < 4.78 is 0.